The number of anilines is 1. The van der Waals surface area contributed by atoms with Crippen molar-refractivity contribution in [2.24, 2.45) is 5.92 Å². The number of nitrogens with zero attached hydrogens (tertiary/aromatic N) is 1. The minimum Gasteiger partial charge on any atom is -0.508 e. The van der Waals surface area contributed by atoms with Crippen LogP contribution in [0, 0.1) is 26.7 Å². The van der Waals surface area contributed by atoms with Crippen molar-refractivity contribution in [3.05, 3.63) is 88.5 Å². The fraction of sp³-hybridized carbons (Fsp3) is 0.447. The lowest BCUT2D eigenvalue weighted by molar-refractivity contribution is -0.143. The number of nitrogens with one attached hydrogen (secondary N) is 2. The van der Waals surface area contributed by atoms with E-state index in [1.165, 1.54) is 18.2 Å². The third kappa shape index (κ3) is 10.5. The number of benzene rings is 3. The molecule has 47 heavy (non-hydrogen) atoms. The Labute approximate surface area is 279 Å². The Kier molecular flexibility index (Phi) is 12.5. The molecule has 254 valence electrons. The third-order valence-electron chi connectivity index (χ3n) is 8.05. The largest absolute Gasteiger partial charge is 0.508 e. The first kappa shape index (κ1) is 36.9. The van der Waals surface area contributed by atoms with Gasteiger partial charge in [-0.05, 0) is 119 Å². The number of hydrogen-bond donors (Lipinski definition) is 4. The Morgan fingerprint density at radius 3 is 2.02 bits per heavy atom. The molecule has 3 rings (SSSR count). The average molecular weight is 646 g/mol. The van der Waals surface area contributed by atoms with E-state index in [0.29, 0.717) is 34.7 Å². The summed E-state index contributed by atoms with van der Waals surface area (Å²) in [6.45, 7) is 16.9. The molecule has 0 aliphatic heterocycles. The molecule has 0 saturated heterocycles. The van der Waals surface area contributed by atoms with E-state index in [2.05, 4.69) is 24.5 Å². The Morgan fingerprint density at radius 2 is 1.47 bits per heavy atom. The van der Waals surface area contributed by atoms with Crippen LogP contribution in [0.1, 0.15) is 88.2 Å². The maximum atomic E-state index is 14.9. The van der Waals surface area contributed by atoms with Gasteiger partial charge in [0.05, 0.1) is 0 Å². The quantitative estimate of drug-likeness (QED) is 0.162. The zero-order valence-corrected chi connectivity index (χ0v) is 29.2. The van der Waals surface area contributed by atoms with Crippen LogP contribution in [0.3, 0.4) is 0 Å². The van der Waals surface area contributed by atoms with Gasteiger partial charge in [0.25, 0.3) is 5.91 Å². The fourth-order valence-corrected chi connectivity index (χ4v) is 5.50. The first-order valence-corrected chi connectivity index (χ1v) is 16.2. The number of rotatable bonds is 12. The molecular weight excluding hydrogens is 594 g/mol. The summed E-state index contributed by atoms with van der Waals surface area (Å²) in [5.74, 6) is -0.387. The van der Waals surface area contributed by atoms with Crippen LogP contribution in [0.2, 0.25) is 0 Å². The molecule has 9 nitrogen and oxygen atoms in total. The lowest BCUT2D eigenvalue weighted by atomic mass is 9.95. The molecule has 9 heteroatoms. The van der Waals surface area contributed by atoms with Gasteiger partial charge in [-0.3, -0.25) is 9.59 Å². The number of hydrogen-bond acceptors (Lipinski definition) is 6. The molecule has 0 heterocycles. The van der Waals surface area contributed by atoms with Crippen molar-refractivity contribution in [3.8, 4) is 11.5 Å². The molecule has 3 aromatic rings. The van der Waals surface area contributed by atoms with Crippen LogP contribution in [-0.2, 0) is 20.7 Å². The molecule has 0 aliphatic rings. The second-order valence-electron chi connectivity index (χ2n) is 13.8. The van der Waals surface area contributed by atoms with Crippen molar-refractivity contribution >= 4 is 23.6 Å². The molecule has 0 radical (unpaired) electrons. The predicted octanol–water partition coefficient (Wildman–Crippen LogP) is 7.49. The van der Waals surface area contributed by atoms with Crippen LogP contribution in [0.25, 0.3) is 0 Å². The highest BCUT2D eigenvalue weighted by molar-refractivity contribution is 6.00. The maximum absolute atomic E-state index is 14.9. The highest BCUT2D eigenvalue weighted by Crippen LogP contribution is 2.32. The standard InChI is InChI=1S/C38H51N3O6/c1-23(2)13-14-27(6)41(36(45)31(39-37(46)47-38(7,8)9)22-28-15-18-30(42)19-16-28)34(29-17-20-32(43)26(5)21-29)35(44)40-33-24(3)11-10-12-25(33)4/h10-12,15-21,23,27,31,34,42-43H,13-14,22H2,1-9H3,(H,39,46)(H,40,44). The number of phenolic OH excluding ortho intramolecular Hbond substituents is 2. The van der Waals surface area contributed by atoms with Gasteiger partial charge in [-0.1, -0.05) is 50.2 Å². The van der Waals surface area contributed by atoms with Gasteiger partial charge in [-0.2, -0.15) is 0 Å². The highest BCUT2D eigenvalue weighted by Gasteiger charge is 2.39. The fourth-order valence-electron chi connectivity index (χ4n) is 5.50. The first-order valence-electron chi connectivity index (χ1n) is 16.2. The van der Waals surface area contributed by atoms with Crippen LogP contribution in [0.15, 0.2) is 60.7 Å². The van der Waals surface area contributed by atoms with Crippen molar-refractivity contribution in [3.63, 3.8) is 0 Å². The van der Waals surface area contributed by atoms with Crippen molar-refractivity contribution in [2.45, 2.75) is 105 Å². The molecular formula is C38H51N3O6. The molecule has 3 unspecified atom stereocenters. The molecule has 3 amide bonds. The number of ether oxygens (including phenoxy) is 1. The van der Waals surface area contributed by atoms with Gasteiger partial charge >= 0.3 is 6.09 Å². The molecule has 0 saturated carbocycles. The molecule has 0 spiro atoms. The van der Waals surface area contributed by atoms with Crippen LogP contribution < -0.4 is 10.6 Å². The Bertz CT molecular complexity index is 1520. The van der Waals surface area contributed by atoms with Gasteiger partial charge in [-0.15, -0.1) is 0 Å². The summed E-state index contributed by atoms with van der Waals surface area (Å²) in [5.41, 5.74) is 3.38. The monoisotopic (exact) mass is 645 g/mol. The van der Waals surface area contributed by atoms with Gasteiger partial charge in [0, 0.05) is 18.2 Å². The zero-order valence-electron chi connectivity index (χ0n) is 29.2. The van der Waals surface area contributed by atoms with Gasteiger partial charge in [0.1, 0.15) is 29.2 Å². The minimum absolute atomic E-state index is 0.0742. The third-order valence-corrected chi connectivity index (χ3v) is 8.05. The smallest absolute Gasteiger partial charge is 0.408 e. The van der Waals surface area contributed by atoms with E-state index in [1.807, 2.05) is 39.0 Å². The van der Waals surface area contributed by atoms with E-state index in [-0.39, 0.29) is 17.9 Å². The van der Waals surface area contributed by atoms with Crippen LogP contribution >= 0.6 is 0 Å². The topological polar surface area (TPSA) is 128 Å². The second kappa shape index (κ2) is 15.8. The van der Waals surface area contributed by atoms with Crippen molar-refractivity contribution in [2.75, 3.05) is 5.32 Å². The summed E-state index contributed by atoms with van der Waals surface area (Å²) in [6.07, 6.45) is 0.728. The molecule has 3 aromatic carbocycles. The number of aryl methyl sites for hydroxylation is 3. The van der Waals surface area contributed by atoms with E-state index in [1.54, 1.807) is 56.9 Å². The van der Waals surface area contributed by atoms with Gasteiger partial charge in [0.2, 0.25) is 5.91 Å². The number of amides is 3. The van der Waals surface area contributed by atoms with E-state index in [4.69, 9.17) is 4.74 Å². The molecule has 0 aromatic heterocycles. The maximum Gasteiger partial charge on any atom is 0.408 e. The summed E-state index contributed by atoms with van der Waals surface area (Å²) in [6, 6.07) is 14.4. The van der Waals surface area contributed by atoms with E-state index >= 15 is 0 Å². The normalized spacial score (nSPS) is 13.4. The Morgan fingerprint density at radius 1 is 0.851 bits per heavy atom. The number of para-hydroxylation sites is 1. The number of carbonyl (C=O) groups excluding carboxylic acids is 3. The summed E-state index contributed by atoms with van der Waals surface area (Å²) in [7, 11) is 0. The van der Waals surface area contributed by atoms with Gasteiger partial charge in [0.15, 0.2) is 0 Å². The SMILES string of the molecule is Cc1cc(C(C(=O)Nc2c(C)cccc2C)N(C(=O)C(Cc2ccc(O)cc2)NC(=O)OC(C)(C)C)C(C)CCC(C)C)ccc1O. The van der Waals surface area contributed by atoms with Gasteiger partial charge in [-0.25, -0.2) is 4.79 Å². The van der Waals surface area contributed by atoms with Gasteiger partial charge < -0.3 is 30.5 Å². The van der Waals surface area contributed by atoms with Crippen LogP contribution in [0.4, 0.5) is 10.5 Å². The molecule has 4 N–H and O–H groups in total. The summed E-state index contributed by atoms with van der Waals surface area (Å²) < 4.78 is 5.55. The predicted molar refractivity (Wildman–Crippen MR) is 185 cm³/mol. The Balaban J connectivity index is 2.20. The molecule has 0 bridgehead atoms. The molecule has 0 aliphatic carbocycles. The summed E-state index contributed by atoms with van der Waals surface area (Å²) in [5, 5.41) is 26.1. The van der Waals surface area contributed by atoms with E-state index in [0.717, 1.165) is 17.5 Å². The highest BCUT2D eigenvalue weighted by atomic mass is 16.6. The second-order valence-corrected chi connectivity index (χ2v) is 13.8. The summed E-state index contributed by atoms with van der Waals surface area (Å²) in [4.78, 5) is 44.2. The Hall–Kier alpha value is -4.53. The first-order chi connectivity index (χ1) is 22.0. The van der Waals surface area contributed by atoms with Crippen LogP contribution in [-0.4, -0.2) is 50.7 Å². The number of phenols is 2. The lowest BCUT2D eigenvalue weighted by Crippen LogP contribution is -2.55. The van der Waals surface area contributed by atoms with Crippen LogP contribution in [0.5, 0.6) is 11.5 Å². The number of alkyl carbamates (subject to hydrolysis) is 1. The molecule has 3 atom stereocenters. The van der Waals surface area contributed by atoms with Crippen molar-refractivity contribution in [1.82, 2.24) is 10.2 Å². The number of carbonyl (C=O) groups is 3. The number of aromatic hydroxyl groups is 2. The van der Waals surface area contributed by atoms with Crippen molar-refractivity contribution in [1.29, 1.82) is 0 Å². The van der Waals surface area contributed by atoms with E-state index in [9.17, 15) is 24.6 Å². The lowest BCUT2D eigenvalue weighted by Gasteiger charge is -2.39. The summed E-state index contributed by atoms with van der Waals surface area (Å²) >= 11 is 0. The zero-order chi connectivity index (χ0) is 35.1. The average Bonchev–Trinajstić information content (AvgIpc) is 2.97. The molecule has 0 fully saturated rings. The van der Waals surface area contributed by atoms with Crippen molar-refractivity contribution < 1.29 is 29.3 Å². The van der Waals surface area contributed by atoms with E-state index < -0.39 is 41.6 Å². The minimum atomic E-state index is -1.11.